The third-order valence-corrected chi connectivity index (χ3v) is 4.96. The molecule has 0 saturated heterocycles. The van der Waals surface area contributed by atoms with Crippen molar-refractivity contribution in [1.82, 2.24) is 0 Å². The van der Waals surface area contributed by atoms with Crippen LogP contribution in [-0.4, -0.2) is 27.1 Å². The van der Waals surface area contributed by atoms with Gasteiger partial charge < -0.3 is 5.32 Å². The van der Waals surface area contributed by atoms with Crippen molar-refractivity contribution in [3.63, 3.8) is 0 Å². The zero-order valence-electron chi connectivity index (χ0n) is 14.5. The highest BCUT2D eigenvalue weighted by Gasteiger charge is 2.19. The van der Waals surface area contributed by atoms with Gasteiger partial charge >= 0.3 is 0 Å². The molecular formula is C18H20F2N2O3S. The van der Waals surface area contributed by atoms with Gasteiger partial charge in [0.2, 0.25) is 15.9 Å². The van der Waals surface area contributed by atoms with E-state index in [4.69, 9.17) is 0 Å². The third kappa shape index (κ3) is 5.01. The molecule has 2 aromatic rings. The minimum atomic E-state index is -3.53. The molecule has 0 spiro atoms. The maximum absolute atomic E-state index is 13.5. The van der Waals surface area contributed by atoms with Crippen LogP contribution >= 0.6 is 0 Å². The highest BCUT2D eigenvalue weighted by molar-refractivity contribution is 7.92. The second-order valence-corrected chi connectivity index (χ2v) is 7.78. The van der Waals surface area contributed by atoms with Gasteiger partial charge in [0, 0.05) is 13.0 Å². The van der Waals surface area contributed by atoms with E-state index in [2.05, 4.69) is 5.32 Å². The Labute approximate surface area is 151 Å². The number of hydrogen-bond acceptors (Lipinski definition) is 3. The van der Waals surface area contributed by atoms with E-state index in [0.717, 1.165) is 24.0 Å². The molecule has 0 aliphatic heterocycles. The molecule has 0 heterocycles. The lowest BCUT2D eigenvalue weighted by atomic mass is 10.2. The Balaban J connectivity index is 2.02. The van der Waals surface area contributed by atoms with Crippen LogP contribution in [0.25, 0.3) is 0 Å². The van der Waals surface area contributed by atoms with E-state index in [1.807, 2.05) is 0 Å². The minimum Gasteiger partial charge on any atom is -0.321 e. The first-order valence-corrected chi connectivity index (χ1v) is 9.82. The number of rotatable bonds is 7. The second kappa shape index (κ2) is 8.27. The fraction of sp³-hybridized carbons (Fsp3) is 0.278. The number of halogens is 2. The van der Waals surface area contributed by atoms with Crippen molar-refractivity contribution in [1.29, 1.82) is 0 Å². The van der Waals surface area contributed by atoms with Gasteiger partial charge in [-0.1, -0.05) is 24.3 Å². The minimum absolute atomic E-state index is 0.0777. The molecule has 0 bridgehead atoms. The molecule has 5 nitrogen and oxygen atoms in total. The first-order valence-electron chi connectivity index (χ1n) is 7.97. The van der Waals surface area contributed by atoms with Gasteiger partial charge in [0.05, 0.1) is 11.9 Å². The highest BCUT2D eigenvalue weighted by Crippen LogP contribution is 2.23. The van der Waals surface area contributed by atoms with Crippen molar-refractivity contribution >= 4 is 27.3 Å². The zero-order chi connectivity index (χ0) is 19.3. The number of carbonyl (C=O) groups excluding carboxylic acids is 1. The summed E-state index contributed by atoms with van der Waals surface area (Å²) in [5, 5.41) is 2.19. The average Bonchev–Trinajstić information content (AvgIpc) is 2.55. The smallest absolute Gasteiger partial charge is 0.232 e. The summed E-state index contributed by atoms with van der Waals surface area (Å²) in [5.74, 6) is -2.32. The van der Waals surface area contributed by atoms with Crippen molar-refractivity contribution in [3.8, 4) is 0 Å². The molecule has 8 heteroatoms. The van der Waals surface area contributed by atoms with Crippen LogP contribution in [0, 0.1) is 18.6 Å². The molecular weight excluding hydrogens is 362 g/mol. The predicted molar refractivity (Wildman–Crippen MR) is 97.6 cm³/mol. The summed E-state index contributed by atoms with van der Waals surface area (Å²) in [6.45, 7) is 1.87. The number of nitrogens with one attached hydrogen (secondary N) is 1. The molecule has 0 radical (unpaired) electrons. The fourth-order valence-corrected chi connectivity index (χ4v) is 3.53. The molecule has 1 N–H and O–H groups in total. The standard InChI is InChI=1S/C18H20F2N2O3S/c1-13-7-3-4-10-16(13)22(26(2,24)25)12-6-11-17(23)21-18-14(19)8-5-9-15(18)20/h3-5,7-10H,6,11-12H2,1-2H3,(H,21,23). The van der Waals surface area contributed by atoms with Crippen LogP contribution in [0.1, 0.15) is 18.4 Å². The maximum atomic E-state index is 13.5. The summed E-state index contributed by atoms with van der Waals surface area (Å²) in [6, 6.07) is 10.3. The molecule has 26 heavy (non-hydrogen) atoms. The first-order chi connectivity index (χ1) is 12.2. The van der Waals surface area contributed by atoms with E-state index < -0.39 is 33.3 Å². The van der Waals surface area contributed by atoms with Gasteiger partial charge in [-0.15, -0.1) is 0 Å². The topological polar surface area (TPSA) is 66.5 Å². The molecule has 0 fully saturated rings. The Morgan fingerprint density at radius 2 is 1.69 bits per heavy atom. The number of nitrogens with zero attached hydrogens (tertiary/aromatic N) is 1. The van der Waals surface area contributed by atoms with Crippen molar-refractivity contribution < 1.29 is 22.0 Å². The maximum Gasteiger partial charge on any atom is 0.232 e. The Morgan fingerprint density at radius 3 is 2.27 bits per heavy atom. The molecule has 140 valence electrons. The normalized spacial score (nSPS) is 11.2. The van der Waals surface area contributed by atoms with Gasteiger partial charge in [0.25, 0.3) is 0 Å². The van der Waals surface area contributed by atoms with E-state index >= 15 is 0 Å². The Morgan fingerprint density at radius 1 is 1.08 bits per heavy atom. The number of para-hydroxylation sites is 2. The number of aryl methyl sites for hydroxylation is 1. The quantitative estimate of drug-likeness (QED) is 0.798. The van der Waals surface area contributed by atoms with Crippen LogP contribution in [0.15, 0.2) is 42.5 Å². The number of carbonyl (C=O) groups is 1. The number of amides is 1. The van der Waals surface area contributed by atoms with Crippen molar-refractivity contribution in [3.05, 3.63) is 59.7 Å². The lowest BCUT2D eigenvalue weighted by Gasteiger charge is -2.24. The van der Waals surface area contributed by atoms with Gasteiger partial charge in [0.1, 0.15) is 17.3 Å². The Hall–Kier alpha value is -2.48. The lowest BCUT2D eigenvalue weighted by Crippen LogP contribution is -2.32. The van der Waals surface area contributed by atoms with Gasteiger partial charge in [-0.2, -0.15) is 0 Å². The van der Waals surface area contributed by atoms with E-state index in [0.29, 0.717) is 5.69 Å². The van der Waals surface area contributed by atoms with E-state index in [-0.39, 0.29) is 19.4 Å². The number of benzene rings is 2. The predicted octanol–water partition coefficient (Wildman–Crippen LogP) is 3.46. The van der Waals surface area contributed by atoms with Crippen LogP contribution < -0.4 is 9.62 Å². The average molecular weight is 382 g/mol. The number of hydrogen-bond donors (Lipinski definition) is 1. The van der Waals surface area contributed by atoms with Gasteiger partial charge in [-0.05, 0) is 37.1 Å². The monoisotopic (exact) mass is 382 g/mol. The third-order valence-electron chi connectivity index (χ3n) is 3.78. The van der Waals surface area contributed by atoms with Gasteiger partial charge in [-0.3, -0.25) is 9.10 Å². The van der Waals surface area contributed by atoms with Crippen LogP contribution in [-0.2, 0) is 14.8 Å². The summed E-state index contributed by atoms with van der Waals surface area (Å²) in [6.07, 6.45) is 1.21. The molecule has 0 aliphatic rings. The van der Waals surface area contributed by atoms with Gasteiger partial charge in [-0.25, -0.2) is 17.2 Å². The summed E-state index contributed by atoms with van der Waals surface area (Å²) in [4.78, 5) is 11.9. The second-order valence-electron chi connectivity index (χ2n) is 5.87. The molecule has 0 aromatic heterocycles. The summed E-state index contributed by atoms with van der Waals surface area (Å²) < 4.78 is 52.4. The Kier molecular flexibility index (Phi) is 6.31. The highest BCUT2D eigenvalue weighted by atomic mass is 32.2. The number of anilines is 2. The Bertz CT molecular complexity index is 881. The van der Waals surface area contributed by atoms with Crippen LogP contribution in [0.2, 0.25) is 0 Å². The lowest BCUT2D eigenvalue weighted by molar-refractivity contribution is -0.116. The molecule has 0 saturated carbocycles. The SMILES string of the molecule is Cc1ccccc1N(CCCC(=O)Nc1c(F)cccc1F)S(C)(=O)=O. The molecule has 2 aromatic carbocycles. The first kappa shape index (κ1) is 19.8. The summed E-state index contributed by atoms with van der Waals surface area (Å²) >= 11 is 0. The van der Waals surface area contributed by atoms with Crippen molar-refractivity contribution in [2.24, 2.45) is 0 Å². The van der Waals surface area contributed by atoms with Crippen LogP contribution in [0.3, 0.4) is 0 Å². The summed E-state index contributed by atoms with van der Waals surface area (Å²) in [5.41, 5.74) is 0.822. The fourth-order valence-electron chi connectivity index (χ4n) is 2.51. The van der Waals surface area contributed by atoms with E-state index in [1.165, 1.54) is 10.4 Å². The van der Waals surface area contributed by atoms with E-state index in [9.17, 15) is 22.0 Å². The van der Waals surface area contributed by atoms with Crippen LogP contribution in [0.4, 0.5) is 20.2 Å². The van der Waals surface area contributed by atoms with Crippen molar-refractivity contribution in [2.75, 3.05) is 22.4 Å². The largest absolute Gasteiger partial charge is 0.321 e. The zero-order valence-corrected chi connectivity index (χ0v) is 15.3. The molecule has 1 amide bonds. The van der Waals surface area contributed by atoms with Crippen LogP contribution in [0.5, 0.6) is 0 Å². The van der Waals surface area contributed by atoms with E-state index in [1.54, 1.807) is 31.2 Å². The molecule has 0 aliphatic carbocycles. The van der Waals surface area contributed by atoms with Gasteiger partial charge in [0.15, 0.2) is 0 Å². The number of sulfonamides is 1. The summed E-state index contributed by atoms with van der Waals surface area (Å²) in [7, 11) is -3.53. The molecule has 0 unspecified atom stereocenters. The molecule has 2 rings (SSSR count). The molecule has 0 atom stereocenters. The van der Waals surface area contributed by atoms with Crippen molar-refractivity contribution in [2.45, 2.75) is 19.8 Å².